The average molecular weight is 397 g/mol. The number of nitrogens with one attached hydrogen (secondary N) is 2. The number of nitrogens with zero attached hydrogens (tertiary/aromatic N) is 1. The van der Waals surface area contributed by atoms with Crippen LogP contribution in [0.25, 0.3) is 0 Å². The molecule has 2 N–H and O–H groups in total. The van der Waals surface area contributed by atoms with E-state index in [1.165, 1.54) is 18.2 Å². The highest BCUT2D eigenvalue weighted by Gasteiger charge is 2.35. The number of hydrogen-bond acceptors (Lipinski definition) is 4. The number of amides is 1. The molecular weight excluding hydrogens is 373 g/mol. The van der Waals surface area contributed by atoms with Crippen LogP contribution in [0.3, 0.4) is 0 Å². The molecule has 2 aliphatic rings. The third kappa shape index (κ3) is 3.74. The number of carbonyl (C=O) groups excluding carboxylic acids is 2. The topological polar surface area (TPSA) is 82.3 Å². The van der Waals surface area contributed by atoms with Crippen LogP contribution in [0, 0.1) is 11.2 Å². The predicted octanol–water partition coefficient (Wildman–Crippen LogP) is 2.46. The summed E-state index contributed by atoms with van der Waals surface area (Å²) >= 11 is 0. The molecule has 4 rings (SSSR count). The van der Waals surface area contributed by atoms with E-state index in [4.69, 9.17) is 0 Å². The molecule has 29 heavy (non-hydrogen) atoms. The standard InChI is InChI=1S/C22H24FN3O3/c1-22(2)10-17-15(19(27)11-22)9-16(20(28)25-17)21(29)26-7-6-24-12-18(26)13-4-3-5-14(23)8-13/h3-5,8-9,18,24H,6-7,10-12H2,1-2H3,(H,25,28). The van der Waals surface area contributed by atoms with E-state index < -0.39 is 17.5 Å². The lowest BCUT2D eigenvalue weighted by Crippen LogP contribution is -2.49. The molecule has 1 aliphatic carbocycles. The first-order chi connectivity index (χ1) is 13.7. The van der Waals surface area contributed by atoms with Crippen molar-refractivity contribution >= 4 is 11.7 Å². The maximum Gasteiger partial charge on any atom is 0.261 e. The molecule has 0 bridgehead atoms. The zero-order valence-electron chi connectivity index (χ0n) is 16.5. The Kier molecular flexibility index (Phi) is 4.86. The van der Waals surface area contributed by atoms with Gasteiger partial charge in [0.05, 0.1) is 6.04 Å². The average Bonchev–Trinajstić information content (AvgIpc) is 2.66. The minimum atomic E-state index is -0.490. The van der Waals surface area contributed by atoms with Gasteiger partial charge in [0, 0.05) is 37.3 Å². The summed E-state index contributed by atoms with van der Waals surface area (Å²) in [5.41, 5.74) is 0.924. The molecule has 0 radical (unpaired) electrons. The molecule has 1 amide bonds. The van der Waals surface area contributed by atoms with Crippen LogP contribution in [0.1, 0.15) is 58.3 Å². The highest BCUT2D eigenvalue weighted by atomic mass is 19.1. The summed E-state index contributed by atoms with van der Waals surface area (Å²) in [4.78, 5) is 42.9. The number of aromatic nitrogens is 1. The summed E-state index contributed by atoms with van der Waals surface area (Å²) in [7, 11) is 0. The Morgan fingerprint density at radius 2 is 2.00 bits per heavy atom. The van der Waals surface area contributed by atoms with E-state index in [0.29, 0.717) is 49.3 Å². The maximum atomic E-state index is 13.7. The van der Waals surface area contributed by atoms with Crippen LogP contribution in [-0.2, 0) is 6.42 Å². The number of pyridine rings is 1. The van der Waals surface area contributed by atoms with Crippen molar-refractivity contribution in [3.05, 3.63) is 68.9 Å². The second-order valence-electron chi connectivity index (χ2n) is 8.62. The van der Waals surface area contributed by atoms with E-state index in [1.807, 2.05) is 13.8 Å². The van der Waals surface area contributed by atoms with Gasteiger partial charge >= 0.3 is 0 Å². The van der Waals surface area contributed by atoms with Gasteiger partial charge in [-0.25, -0.2) is 4.39 Å². The molecule has 1 fully saturated rings. The normalized spacial score (nSPS) is 21.0. The number of aromatic amines is 1. The summed E-state index contributed by atoms with van der Waals surface area (Å²) in [5.74, 6) is -0.883. The third-order valence-corrected chi connectivity index (χ3v) is 5.69. The van der Waals surface area contributed by atoms with Crippen molar-refractivity contribution in [2.24, 2.45) is 5.41 Å². The van der Waals surface area contributed by atoms with E-state index in [1.54, 1.807) is 17.0 Å². The Bertz CT molecular complexity index is 1040. The number of H-pyrrole nitrogens is 1. The number of benzene rings is 1. The van der Waals surface area contributed by atoms with Gasteiger partial charge in [0.1, 0.15) is 11.4 Å². The Morgan fingerprint density at radius 3 is 2.76 bits per heavy atom. The van der Waals surface area contributed by atoms with E-state index in [2.05, 4.69) is 10.3 Å². The molecule has 7 heteroatoms. The number of ketones is 1. The highest BCUT2D eigenvalue weighted by Crippen LogP contribution is 2.33. The summed E-state index contributed by atoms with van der Waals surface area (Å²) in [6.07, 6.45) is 0.955. The second-order valence-corrected chi connectivity index (χ2v) is 8.62. The number of rotatable bonds is 2. The molecule has 2 aromatic rings. The molecule has 1 aliphatic heterocycles. The number of fused-ring (bicyclic) bond motifs is 1. The Labute approximate surface area is 168 Å². The summed E-state index contributed by atoms with van der Waals surface area (Å²) in [5, 5.41) is 3.21. The molecular formula is C22H24FN3O3. The quantitative estimate of drug-likeness (QED) is 0.816. The molecule has 1 aromatic heterocycles. The van der Waals surface area contributed by atoms with Crippen LogP contribution >= 0.6 is 0 Å². The Morgan fingerprint density at radius 1 is 1.21 bits per heavy atom. The highest BCUT2D eigenvalue weighted by molar-refractivity contribution is 6.02. The van der Waals surface area contributed by atoms with Crippen LogP contribution < -0.4 is 10.9 Å². The first kappa shape index (κ1) is 19.5. The SMILES string of the molecule is CC1(C)CC(=O)c2cc(C(=O)N3CCNCC3c3cccc(F)c3)c(=O)[nH]c2C1. The van der Waals surface area contributed by atoms with Crippen LogP contribution in [0.4, 0.5) is 4.39 Å². The van der Waals surface area contributed by atoms with Gasteiger partial charge in [0.25, 0.3) is 11.5 Å². The fourth-order valence-electron chi connectivity index (χ4n) is 4.30. The van der Waals surface area contributed by atoms with Gasteiger partial charge in [-0.3, -0.25) is 14.4 Å². The van der Waals surface area contributed by atoms with E-state index in [9.17, 15) is 18.8 Å². The number of halogens is 1. The number of piperazine rings is 1. The monoisotopic (exact) mass is 397 g/mol. The van der Waals surface area contributed by atoms with Gasteiger partial charge in [0.2, 0.25) is 0 Å². The fourth-order valence-corrected chi connectivity index (χ4v) is 4.30. The zero-order chi connectivity index (χ0) is 20.8. The Balaban J connectivity index is 1.71. The lowest BCUT2D eigenvalue weighted by Gasteiger charge is -2.36. The first-order valence-corrected chi connectivity index (χ1v) is 9.82. The molecule has 2 heterocycles. The lowest BCUT2D eigenvalue weighted by molar-refractivity contribution is 0.0632. The molecule has 0 saturated carbocycles. The van der Waals surface area contributed by atoms with Gasteiger partial charge in [-0.05, 0) is 35.6 Å². The van der Waals surface area contributed by atoms with Crippen molar-refractivity contribution in [2.75, 3.05) is 19.6 Å². The van der Waals surface area contributed by atoms with Crippen molar-refractivity contribution in [1.82, 2.24) is 15.2 Å². The number of Topliss-reactive ketones (excluding diaryl/α,β-unsaturated/α-hetero) is 1. The van der Waals surface area contributed by atoms with Gasteiger partial charge in [-0.15, -0.1) is 0 Å². The molecule has 6 nitrogen and oxygen atoms in total. The van der Waals surface area contributed by atoms with Gasteiger partial charge in [0.15, 0.2) is 5.78 Å². The van der Waals surface area contributed by atoms with Crippen molar-refractivity contribution < 1.29 is 14.0 Å². The fraction of sp³-hybridized carbons (Fsp3) is 0.409. The van der Waals surface area contributed by atoms with Crippen molar-refractivity contribution in [3.8, 4) is 0 Å². The van der Waals surface area contributed by atoms with E-state index in [0.717, 1.165) is 0 Å². The van der Waals surface area contributed by atoms with E-state index in [-0.39, 0.29) is 22.6 Å². The minimum absolute atomic E-state index is 0.0416. The van der Waals surface area contributed by atoms with Crippen LogP contribution in [-0.4, -0.2) is 41.2 Å². The number of carbonyl (C=O) groups is 2. The maximum absolute atomic E-state index is 13.7. The zero-order valence-corrected chi connectivity index (χ0v) is 16.5. The van der Waals surface area contributed by atoms with Crippen molar-refractivity contribution in [3.63, 3.8) is 0 Å². The number of hydrogen-bond donors (Lipinski definition) is 2. The molecule has 1 atom stereocenters. The summed E-state index contributed by atoms with van der Waals surface area (Å²) in [6.45, 7) is 5.39. The molecule has 152 valence electrons. The van der Waals surface area contributed by atoms with E-state index >= 15 is 0 Å². The van der Waals surface area contributed by atoms with Crippen LogP contribution in [0.5, 0.6) is 0 Å². The Hall–Kier alpha value is -2.80. The smallest absolute Gasteiger partial charge is 0.261 e. The van der Waals surface area contributed by atoms with Crippen molar-refractivity contribution in [1.29, 1.82) is 0 Å². The van der Waals surface area contributed by atoms with Crippen molar-refractivity contribution in [2.45, 2.75) is 32.7 Å². The lowest BCUT2D eigenvalue weighted by atomic mass is 9.75. The molecule has 0 spiro atoms. The minimum Gasteiger partial charge on any atom is -0.329 e. The second kappa shape index (κ2) is 7.22. The molecule has 1 saturated heterocycles. The third-order valence-electron chi connectivity index (χ3n) is 5.69. The summed E-state index contributed by atoms with van der Waals surface area (Å²) in [6, 6.07) is 7.18. The summed E-state index contributed by atoms with van der Waals surface area (Å²) < 4.78 is 13.7. The van der Waals surface area contributed by atoms with Crippen LogP contribution in [0.2, 0.25) is 0 Å². The largest absolute Gasteiger partial charge is 0.329 e. The van der Waals surface area contributed by atoms with Gasteiger partial charge in [-0.1, -0.05) is 26.0 Å². The molecule has 1 aromatic carbocycles. The van der Waals surface area contributed by atoms with Gasteiger partial charge < -0.3 is 15.2 Å². The van der Waals surface area contributed by atoms with Crippen LogP contribution in [0.15, 0.2) is 35.1 Å². The van der Waals surface area contributed by atoms with Gasteiger partial charge in [-0.2, -0.15) is 0 Å². The first-order valence-electron chi connectivity index (χ1n) is 9.82. The molecule has 1 unspecified atom stereocenters. The predicted molar refractivity (Wildman–Crippen MR) is 107 cm³/mol.